The van der Waals surface area contributed by atoms with Crippen LogP contribution in [0.25, 0.3) is 0 Å². The molecule has 1 rings (SSSR count). The minimum atomic E-state index is 0.427. The molecule has 1 aromatic heterocycles. The summed E-state index contributed by atoms with van der Waals surface area (Å²) in [4.78, 5) is 8.63. The van der Waals surface area contributed by atoms with Crippen molar-refractivity contribution in [2.45, 2.75) is 31.5 Å². The maximum absolute atomic E-state index is 5.41. The summed E-state index contributed by atoms with van der Waals surface area (Å²) in [6.45, 7) is 4.87. The summed E-state index contributed by atoms with van der Waals surface area (Å²) in [5, 5.41) is 0. The second-order valence-electron chi connectivity index (χ2n) is 3.18. The SMILES string of the molecule is CCCOc1cc(CC(C)Br)ncn1. The van der Waals surface area contributed by atoms with Crippen LogP contribution in [0, 0.1) is 0 Å². The summed E-state index contributed by atoms with van der Waals surface area (Å²) in [6, 6.07) is 1.90. The second kappa shape index (κ2) is 5.96. The molecule has 0 N–H and O–H groups in total. The van der Waals surface area contributed by atoms with E-state index >= 15 is 0 Å². The number of aromatic nitrogens is 2. The van der Waals surface area contributed by atoms with Gasteiger partial charge in [0.1, 0.15) is 6.33 Å². The molecule has 0 fully saturated rings. The van der Waals surface area contributed by atoms with Gasteiger partial charge in [0.25, 0.3) is 0 Å². The zero-order valence-electron chi connectivity index (χ0n) is 8.53. The predicted octanol–water partition coefficient (Wildman–Crippen LogP) is 2.59. The van der Waals surface area contributed by atoms with E-state index in [1.807, 2.05) is 6.07 Å². The lowest BCUT2D eigenvalue weighted by molar-refractivity contribution is 0.304. The zero-order chi connectivity index (χ0) is 10.4. The molecule has 0 bridgehead atoms. The maximum atomic E-state index is 5.41. The lowest BCUT2D eigenvalue weighted by Gasteiger charge is -2.05. The molecule has 0 saturated heterocycles. The lowest BCUT2D eigenvalue weighted by Crippen LogP contribution is -2.02. The molecule has 4 heteroatoms. The molecule has 78 valence electrons. The van der Waals surface area contributed by atoms with E-state index in [1.54, 1.807) is 6.33 Å². The molecule has 1 atom stereocenters. The Morgan fingerprint density at radius 3 is 2.93 bits per heavy atom. The van der Waals surface area contributed by atoms with Crippen molar-refractivity contribution in [3.8, 4) is 5.88 Å². The topological polar surface area (TPSA) is 35.0 Å². The van der Waals surface area contributed by atoms with Crippen LogP contribution in [0.4, 0.5) is 0 Å². The molecule has 1 unspecified atom stereocenters. The van der Waals surface area contributed by atoms with Gasteiger partial charge < -0.3 is 4.74 Å². The molecule has 1 aromatic rings. The minimum absolute atomic E-state index is 0.427. The van der Waals surface area contributed by atoms with Crippen molar-refractivity contribution in [2.75, 3.05) is 6.61 Å². The first-order chi connectivity index (χ1) is 6.72. The summed E-state index contributed by atoms with van der Waals surface area (Å²) in [7, 11) is 0. The van der Waals surface area contributed by atoms with E-state index in [0.29, 0.717) is 17.3 Å². The van der Waals surface area contributed by atoms with Gasteiger partial charge in [-0.2, -0.15) is 0 Å². The summed E-state index contributed by atoms with van der Waals surface area (Å²) >= 11 is 3.49. The van der Waals surface area contributed by atoms with Crippen LogP contribution in [0.1, 0.15) is 26.0 Å². The minimum Gasteiger partial charge on any atom is -0.478 e. The molecule has 0 aliphatic rings. The quantitative estimate of drug-likeness (QED) is 0.762. The Kier molecular flexibility index (Phi) is 4.87. The summed E-state index contributed by atoms with van der Waals surface area (Å²) < 4.78 is 5.41. The number of halogens is 1. The van der Waals surface area contributed by atoms with Crippen LogP contribution < -0.4 is 4.74 Å². The van der Waals surface area contributed by atoms with Crippen molar-refractivity contribution in [2.24, 2.45) is 0 Å². The Hall–Kier alpha value is -0.640. The standard InChI is InChI=1S/C10H15BrN2O/c1-3-4-14-10-6-9(5-8(2)11)12-7-13-10/h6-8H,3-5H2,1-2H3. The van der Waals surface area contributed by atoms with E-state index in [2.05, 4.69) is 39.7 Å². The molecule has 3 nitrogen and oxygen atoms in total. The van der Waals surface area contributed by atoms with E-state index in [9.17, 15) is 0 Å². The number of nitrogens with zero attached hydrogens (tertiary/aromatic N) is 2. The van der Waals surface area contributed by atoms with Gasteiger partial charge in [-0.25, -0.2) is 9.97 Å². The molecular weight excluding hydrogens is 244 g/mol. The highest BCUT2D eigenvalue weighted by Gasteiger charge is 2.02. The Morgan fingerprint density at radius 2 is 2.29 bits per heavy atom. The molecule has 14 heavy (non-hydrogen) atoms. The molecule has 0 spiro atoms. The summed E-state index contributed by atoms with van der Waals surface area (Å²) in [5.74, 6) is 0.671. The monoisotopic (exact) mass is 258 g/mol. The van der Waals surface area contributed by atoms with E-state index in [4.69, 9.17) is 4.74 Å². The molecule has 0 saturated carbocycles. The van der Waals surface area contributed by atoms with Crippen molar-refractivity contribution in [3.05, 3.63) is 18.1 Å². The van der Waals surface area contributed by atoms with E-state index < -0.39 is 0 Å². The molecule has 0 aliphatic carbocycles. The highest BCUT2D eigenvalue weighted by Crippen LogP contribution is 2.11. The van der Waals surface area contributed by atoms with Gasteiger partial charge in [-0.1, -0.05) is 29.8 Å². The van der Waals surface area contributed by atoms with E-state index in [0.717, 1.165) is 18.5 Å². The highest BCUT2D eigenvalue weighted by atomic mass is 79.9. The maximum Gasteiger partial charge on any atom is 0.216 e. The highest BCUT2D eigenvalue weighted by molar-refractivity contribution is 9.09. The third kappa shape index (κ3) is 4.05. The van der Waals surface area contributed by atoms with Gasteiger partial charge in [0.15, 0.2) is 0 Å². The van der Waals surface area contributed by atoms with E-state index in [1.165, 1.54) is 0 Å². The van der Waals surface area contributed by atoms with Crippen LogP contribution in [0.2, 0.25) is 0 Å². The van der Waals surface area contributed by atoms with Crippen LogP contribution in [0.15, 0.2) is 12.4 Å². The average molecular weight is 259 g/mol. The van der Waals surface area contributed by atoms with Crippen molar-refractivity contribution in [3.63, 3.8) is 0 Å². The molecule has 0 aromatic carbocycles. The van der Waals surface area contributed by atoms with Crippen LogP contribution in [-0.2, 0) is 6.42 Å². The van der Waals surface area contributed by atoms with Crippen LogP contribution in [-0.4, -0.2) is 21.4 Å². The van der Waals surface area contributed by atoms with Gasteiger partial charge in [0.2, 0.25) is 5.88 Å². The Bertz CT molecular complexity index is 279. The van der Waals surface area contributed by atoms with Gasteiger partial charge in [0, 0.05) is 23.0 Å². The molecule has 0 radical (unpaired) electrons. The Morgan fingerprint density at radius 1 is 1.50 bits per heavy atom. The number of alkyl halides is 1. The van der Waals surface area contributed by atoms with E-state index in [-0.39, 0.29) is 0 Å². The van der Waals surface area contributed by atoms with Crippen LogP contribution in [0.3, 0.4) is 0 Å². The average Bonchev–Trinajstić information content (AvgIpc) is 2.14. The van der Waals surface area contributed by atoms with Gasteiger partial charge in [-0.3, -0.25) is 0 Å². The van der Waals surface area contributed by atoms with Gasteiger partial charge >= 0.3 is 0 Å². The second-order valence-corrected chi connectivity index (χ2v) is 4.74. The number of rotatable bonds is 5. The fourth-order valence-electron chi connectivity index (χ4n) is 1.06. The van der Waals surface area contributed by atoms with Gasteiger partial charge in [-0.05, 0) is 6.42 Å². The summed E-state index contributed by atoms with van der Waals surface area (Å²) in [6.07, 6.45) is 3.44. The summed E-state index contributed by atoms with van der Waals surface area (Å²) in [5.41, 5.74) is 1.01. The third-order valence-corrected chi connectivity index (χ3v) is 1.97. The Balaban J connectivity index is 2.59. The van der Waals surface area contributed by atoms with Crippen LogP contribution in [0.5, 0.6) is 5.88 Å². The van der Waals surface area contributed by atoms with Crippen molar-refractivity contribution >= 4 is 15.9 Å². The number of hydrogen-bond donors (Lipinski definition) is 0. The lowest BCUT2D eigenvalue weighted by atomic mass is 10.2. The smallest absolute Gasteiger partial charge is 0.216 e. The number of hydrogen-bond acceptors (Lipinski definition) is 3. The zero-order valence-corrected chi connectivity index (χ0v) is 10.1. The van der Waals surface area contributed by atoms with Crippen molar-refractivity contribution < 1.29 is 4.74 Å². The normalized spacial score (nSPS) is 12.5. The molecule has 0 aliphatic heterocycles. The van der Waals surface area contributed by atoms with Crippen molar-refractivity contribution in [1.82, 2.24) is 9.97 Å². The largest absolute Gasteiger partial charge is 0.478 e. The first kappa shape index (κ1) is 11.4. The third-order valence-electron chi connectivity index (χ3n) is 1.64. The van der Waals surface area contributed by atoms with Crippen LogP contribution >= 0.6 is 15.9 Å². The van der Waals surface area contributed by atoms with Gasteiger partial charge in [0.05, 0.1) is 6.61 Å². The van der Waals surface area contributed by atoms with Gasteiger partial charge in [-0.15, -0.1) is 0 Å². The molecule has 1 heterocycles. The fraction of sp³-hybridized carbons (Fsp3) is 0.600. The predicted molar refractivity (Wildman–Crippen MR) is 59.9 cm³/mol. The fourth-order valence-corrected chi connectivity index (χ4v) is 1.39. The Labute approximate surface area is 93.0 Å². The molecular formula is C10H15BrN2O. The first-order valence-corrected chi connectivity index (χ1v) is 5.71. The van der Waals surface area contributed by atoms with Crippen molar-refractivity contribution in [1.29, 1.82) is 0 Å². The number of ether oxygens (including phenoxy) is 1. The molecule has 0 amide bonds. The first-order valence-electron chi connectivity index (χ1n) is 4.80.